The Morgan fingerprint density at radius 2 is 2.17 bits per heavy atom. The van der Waals surface area contributed by atoms with Gasteiger partial charge in [0.1, 0.15) is 0 Å². The lowest BCUT2D eigenvalue weighted by atomic mass is 9.75. The average Bonchev–Trinajstić information content (AvgIpc) is 2.98. The van der Waals surface area contributed by atoms with Crippen LogP contribution in [0.5, 0.6) is 0 Å². The van der Waals surface area contributed by atoms with Gasteiger partial charge < -0.3 is 10.2 Å². The molecule has 0 aliphatic heterocycles. The van der Waals surface area contributed by atoms with E-state index in [2.05, 4.69) is 19.3 Å². The number of hydrogen-bond donors (Lipinski definition) is 4. The Balaban J connectivity index is 2.07. The highest BCUT2D eigenvalue weighted by Crippen LogP contribution is 2.50. The summed E-state index contributed by atoms with van der Waals surface area (Å²) in [5.74, 6) is 4.45. The van der Waals surface area contributed by atoms with E-state index in [-0.39, 0.29) is 11.3 Å². The third-order valence-electron chi connectivity index (χ3n) is 5.49. The zero-order valence-electron chi connectivity index (χ0n) is 13.8. The summed E-state index contributed by atoms with van der Waals surface area (Å²) in [6.07, 6.45) is 5.21. The molecule has 0 unspecified atom stereocenters. The Morgan fingerprint density at radius 3 is 2.83 bits per heavy atom. The molecule has 0 spiro atoms. The van der Waals surface area contributed by atoms with E-state index in [9.17, 15) is 15.0 Å². The lowest BCUT2D eigenvalue weighted by Gasteiger charge is -2.30. The monoisotopic (exact) mass is 338 g/mol. The molecule has 2 atom stereocenters. The molecule has 0 radical (unpaired) electrons. The maximum Gasteiger partial charge on any atom is 0.337 e. The number of aromatic carboxylic acids is 1. The Kier molecular flexibility index (Phi) is 4.29. The predicted octanol–water partition coefficient (Wildman–Crippen LogP) is 2.42. The summed E-state index contributed by atoms with van der Waals surface area (Å²) in [5, 5.41) is 20.8. The van der Waals surface area contributed by atoms with Gasteiger partial charge in [-0.05, 0) is 49.5 Å². The van der Waals surface area contributed by atoms with Crippen LogP contribution in [0.1, 0.15) is 71.1 Å². The van der Waals surface area contributed by atoms with Crippen LogP contribution in [0.15, 0.2) is 0 Å². The van der Waals surface area contributed by atoms with Crippen LogP contribution in [0.3, 0.4) is 0 Å². The highest BCUT2D eigenvalue weighted by molar-refractivity contribution is 7.12. The summed E-state index contributed by atoms with van der Waals surface area (Å²) in [6, 6.07) is 0. The molecule has 1 aromatic heterocycles. The van der Waals surface area contributed by atoms with E-state index in [0.29, 0.717) is 18.5 Å². The molecule has 2 aliphatic rings. The number of carboxylic acid groups (broad SMARTS) is 1. The van der Waals surface area contributed by atoms with Crippen molar-refractivity contribution in [3.63, 3.8) is 0 Å². The van der Waals surface area contributed by atoms with Crippen LogP contribution < -0.4 is 11.3 Å². The third kappa shape index (κ3) is 2.93. The summed E-state index contributed by atoms with van der Waals surface area (Å²) < 4.78 is 0. The van der Waals surface area contributed by atoms with Crippen LogP contribution in [-0.4, -0.2) is 28.3 Å². The molecule has 1 saturated carbocycles. The van der Waals surface area contributed by atoms with E-state index in [1.807, 2.05) is 0 Å². The summed E-state index contributed by atoms with van der Waals surface area (Å²) >= 11 is 1.61. The molecule has 128 valence electrons. The van der Waals surface area contributed by atoms with Crippen LogP contribution in [0.2, 0.25) is 0 Å². The normalized spacial score (nSPS) is 29.5. The number of carboxylic acids is 1. The molecule has 23 heavy (non-hydrogen) atoms. The number of rotatable bonds is 4. The van der Waals surface area contributed by atoms with Gasteiger partial charge in [-0.1, -0.05) is 13.8 Å². The average molecular weight is 338 g/mol. The van der Waals surface area contributed by atoms with Gasteiger partial charge in [-0.25, -0.2) is 4.79 Å². The van der Waals surface area contributed by atoms with Crippen LogP contribution in [0.4, 0.5) is 0 Å². The first kappa shape index (κ1) is 16.9. The van der Waals surface area contributed by atoms with E-state index in [1.54, 1.807) is 11.3 Å². The number of aliphatic hydroxyl groups is 1. The molecule has 6 heteroatoms. The van der Waals surface area contributed by atoms with E-state index in [0.717, 1.165) is 42.5 Å². The number of hydrazine groups is 1. The lowest BCUT2D eigenvalue weighted by Crippen LogP contribution is -2.45. The summed E-state index contributed by atoms with van der Waals surface area (Å²) in [6.45, 7) is 4.69. The second-order valence-corrected chi connectivity index (χ2v) is 8.96. The van der Waals surface area contributed by atoms with Gasteiger partial charge in [-0.2, -0.15) is 0 Å². The Labute approximate surface area is 140 Å². The first-order valence-corrected chi connectivity index (χ1v) is 9.13. The highest BCUT2D eigenvalue weighted by atomic mass is 32.1. The number of fused-ring (bicyclic) bond motifs is 1. The molecule has 0 amide bonds. The fourth-order valence-electron chi connectivity index (χ4n) is 4.24. The smallest absolute Gasteiger partial charge is 0.337 e. The minimum Gasteiger partial charge on any atom is -0.478 e. The van der Waals surface area contributed by atoms with Crippen molar-refractivity contribution in [2.75, 3.05) is 6.54 Å². The minimum atomic E-state index is -0.943. The Morgan fingerprint density at radius 1 is 1.43 bits per heavy atom. The largest absolute Gasteiger partial charge is 0.478 e. The maximum atomic E-state index is 12.0. The van der Waals surface area contributed by atoms with Gasteiger partial charge in [0, 0.05) is 22.2 Å². The van der Waals surface area contributed by atoms with Crippen molar-refractivity contribution >= 4 is 17.3 Å². The zero-order valence-corrected chi connectivity index (χ0v) is 14.6. The van der Waals surface area contributed by atoms with E-state index in [1.165, 1.54) is 4.88 Å². The summed E-state index contributed by atoms with van der Waals surface area (Å²) in [7, 11) is 0. The molecular weight excluding hydrogens is 312 g/mol. The van der Waals surface area contributed by atoms with Crippen molar-refractivity contribution < 1.29 is 15.0 Å². The topological polar surface area (TPSA) is 95.6 Å². The quantitative estimate of drug-likeness (QED) is 0.499. The fraction of sp³-hybridized carbons (Fsp3) is 0.706. The molecule has 1 heterocycles. The second kappa shape index (κ2) is 5.84. The minimum absolute atomic E-state index is 0.136. The van der Waals surface area contributed by atoms with Crippen molar-refractivity contribution in [3.8, 4) is 0 Å². The molecular formula is C17H26N2O3S. The molecule has 0 saturated heterocycles. The van der Waals surface area contributed by atoms with Crippen molar-refractivity contribution in [2.24, 2.45) is 11.3 Å². The molecule has 5 nitrogen and oxygen atoms in total. The number of nitrogens with two attached hydrogens (primary N) is 1. The van der Waals surface area contributed by atoms with Gasteiger partial charge in [0.05, 0.1) is 11.2 Å². The molecule has 5 N–H and O–H groups in total. The predicted molar refractivity (Wildman–Crippen MR) is 90.8 cm³/mol. The standard InChI is InChI=1S/C17H26N2O3S/c1-16(2)7-5-12-10(8-16)13(15(20)21)14(23-12)11-4-3-6-17(11,22)9-19-18/h11,19,22H,3-9,18H2,1-2H3,(H,20,21)/t11-,17-/m0/s1. The van der Waals surface area contributed by atoms with Crippen molar-refractivity contribution in [2.45, 2.75) is 63.9 Å². The van der Waals surface area contributed by atoms with Crippen LogP contribution in [0, 0.1) is 5.41 Å². The Hall–Kier alpha value is -0.950. The third-order valence-corrected chi connectivity index (χ3v) is 6.90. The van der Waals surface area contributed by atoms with E-state index < -0.39 is 11.6 Å². The van der Waals surface area contributed by atoms with Gasteiger partial charge in [-0.3, -0.25) is 11.3 Å². The van der Waals surface area contributed by atoms with E-state index in [4.69, 9.17) is 5.84 Å². The Bertz CT molecular complexity index is 626. The lowest BCUT2D eigenvalue weighted by molar-refractivity contribution is 0.0309. The maximum absolute atomic E-state index is 12.0. The van der Waals surface area contributed by atoms with Gasteiger partial charge in [-0.15, -0.1) is 11.3 Å². The highest BCUT2D eigenvalue weighted by Gasteiger charge is 2.45. The van der Waals surface area contributed by atoms with E-state index >= 15 is 0 Å². The molecule has 1 fully saturated rings. The van der Waals surface area contributed by atoms with Gasteiger partial charge in [0.15, 0.2) is 0 Å². The number of aryl methyl sites for hydroxylation is 1. The SMILES string of the molecule is CC1(C)CCc2sc([C@@H]3CCC[C@]3(O)CNN)c(C(=O)O)c2C1. The fourth-order valence-corrected chi connectivity index (χ4v) is 5.80. The molecule has 2 aliphatic carbocycles. The first-order valence-electron chi connectivity index (χ1n) is 8.31. The van der Waals surface area contributed by atoms with Gasteiger partial charge >= 0.3 is 5.97 Å². The molecule has 0 aromatic carbocycles. The van der Waals surface area contributed by atoms with Crippen LogP contribution in [0.25, 0.3) is 0 Å². The summed E-state index contributed by atoms with van der Waals surface area (Å²) in [5.41, 5.74) is 3.24. The second-order valence-electron chi connectivity index (χ2n) is 7.82. The molecule has 0 bridgehead atoms. The van der Waals surface area contributed by atoms with Crippen LogP contribution in [-0.2, 0) is 12.8 Å². The van der Waals surface area contributed by atoms with Crippen LogP contribution >= 0.6 is 11.3 Å². The zero-order chi connectivity index (χ0) is 16.8. The molecule has 3 rings (SSSR count). The van der Waals surface area contributed by atoms with Crippen molar-refractivity contribution in [3.05, 3.63) is 20.9 Å². The number of hydrogen-bond acceptors (Lipinski definition) is 5. The van der Waals surface area contributed by atoms with Crippen molar-refractivity contribution in [1.29, 1.82) is 0 Å². The number of thiophene rings is 1. The first-order chi connectivity index (χ1) is 10.8. The van der Waals surface area contributed by atoms with Gasteiger partial charge in [0.25, 0.3) is 0 Å². The number of nitrogens with one attached hydrogen (secondary N) is 1. The van der Waals surface area contributed by atoms with Crippen molar-refractivity contribution in [1.82, 2.24) is 5.43 Å². The van der Waals surface area contributed by atoms with Gasteiger partial charge in [0.2, 0.25) is 0 Å². The summed E-state index contributed by atoms with van der Waals surface area (Å²) in [4.78, 5) is 14.0. The number of carbonyl (C=O) groups is 1. The molecule has 1 aromatic rings.